The number of allylic oxidation sites excluding steroid dienone is 1. The monoisotopic (exact) mass is 256 g/mol. The van der Waals surface area contributed by atoms with E-state index < -0.39 is 0 Å². The van der Waals surface area contributed by atoms with E-state index in [0.29, 0.717) is 0 Å². The molecule has 1 aliphatic rings. The third-order valence-electron chi connectivity index (χ3n) is 3.88. The summed E-state index contributed by atoms with van der Waals surface area (Å²) in [4.78, 5) is 0. The van der Waals surface area contributed by atoms with Gasteiger partial charge in [-0.1, -0.05) is 24.1 Å². The van der Waals surface area contributed by atoms with Crippen LogP contribution in [0.4, 0.5) is 0 Å². The molecule has 0 radical (unpaired) electrons. The summed E-state index contributed by atoms with van der Waals surface area (Å²) in [7, 11) is 0. The molecule has 0 spiro atoms. The lowest BCUT2D eigenvalue weighted by Gasteiger charge is -2.18. The van der Waals surface area contributed by atoms with E-state index in [1.807, 2.05) is 29.0 Å². The van der Waals surface area contributed by atoms with Crippen molar-refractivity contribution in [3.05, 3.63) is 47.8 Å². The normalized spacial score (nSPS) is 18.1. The average molecular weight is 256 g/mol. The van der Waals surface area contributed by atoms with Gasteiger partial charge in [0.15, 0.2) is 0 Å². The summed E-state index contributed by atoms with van der Waals surface area (Å²) in [6.07, 6.45) is 12.4. The predicted octanol–water partition coefficient (Wildman–Crippen LogP) is 2.73. The van der Waals surface area contributed by atoms with Crippen LogP contribution in [0.5, 0.6) is 0 Å². The quantitative estimate of drug-likeness (QED) is 0.504. The van der Waals surface area contributed by atoms with Crippen LogP contribution in [0.3, 0.4) is 0 Å². The van der Waals surface area contributed by atoms with Gasteiger partial charge in [-0.25, -0.2) is 9.94 Å². The van der Waals surface area contributed by atoms with E-state index >= 15 is 0 Å². The highest BCUT2D eigenvalue weighted by atomic mass is 15.3. The van der Waals surface area contributed by atoms with E-state index in [1.54, 1.807) is 0 Å². The molecule has 0 saturated heterocycles. The lowest BCUT2D eigenvalue weighted by atomic mass is 9.96. The van der Waals surface area contributed by atoms with E-state index in [-0.39, 0.29) is 6.04 Å². The lowest BCUT2D eigenvalue weighted by Crippen LogP contribution is -2.29. The highest BCUT2D eigenvalue weighted by molar-refractivity contribution is 5.56. The molecule has 0 amide bonds. The number of hydrogen-bond acceptors (Lipinski definition) is 3. The fraction of sp³-hybridized carbons (Fsp3) is 0.400. The second-order valence-electron chi connectivity index (χ2n) is 5.11. The number of fused-ring (bicyclic) bond motifs is 1. The molecule has 4 nitrogen and oxygen atoms in total. The van der Waals surface area contributed by atoms with Crippen LogP contribution in [-0.2, 0) is 0 Å². The molecule has 2 aromatic rings. The Labute approximate surface area is 113 Å². The number of nitrogens with two attached hydrogens (primary N) is 1. The minimum atomic E-state index is 0.0815. The number of nitrogens with zero attached hydrogens (tertiary/aromatic N) is 2. The highest BCUT2D eigenvalue weighted by Gasteiger charge is 2.19. The maximum atomic E-state index is 5.81. The van der Waals surface area contributed by atoms with E-state index in [0.717, 1.165) is 23.9 Å². The SMILES string of the molecule is NNC(C1=CCCCCC1)c1cnn2ccccc12. The third kappa shape index (κ3) is 2.41. The zero-order valence-electron chi connectivity index (χ0n) is 11.0. The minimum Gasteiger partial charge on any atom is -0.271 e. The van der Waals surface area contributed by atoms with Gasteiger partial charge in [-0.05, 0) is 37.8 Å². The Morgan fingerprint density at radius 2 is 2.21 bits per heavy atom. The van der Waals surface area contributed by atoms with Crippen LogP contribution in [0.15, 0.2) is 42.2 Å². The van der Waals surface area contributed by atoms with Crippen molar-refractivity contribution in [2.24, 2.45) is 5.84 Å². The number of rotatable bonds is 3. The maximum absolute atomic E-state index is 5.81. The summed E-state index contributed by atoms with van der Waals surface area (Å²) in [5.41, 5.74) is 6.66. The van der Waals surface area contributed by atoms with Gasteiger partial charge in [0.05, 0.1) is 17.8 Å². The fourth-order valence-electron chi connectivity index (χ4n) is 2.88. The Balaban J connectivity index is 1.99. The smallest absolute Gasteiger partial charge is 0.0713 e. The number of nitrogens with one attached hydrogen (secondary N) is 1. The molecular formula is C15H20N4. The lowest BCUT2D eigenvalue weighted by molar-refractivity contribution is 0.596. The first-order chi connectivity index (χ1) is 9.40. The van der Waals surface area contributed by atoms with Crippen molar-refractivity contribution >= 4 is 5.52 Å². The van der Waals surface area contributed by atoms with Crippen molar-refractivity contribution in [2.45, 2.75) is 38.1 Å². The zero-order valence-corrected chi connectivity index (χ0v) is 11.0. The fourth-order valence-corrected chi connectivity index (χ4v) is 2.88. The van der Waals surface area contributed by atoms with E-state index in [1.165, 1.54) is 24.8 Å². The number of pyridine rings is 1. The molecular weight excluding hydrogens is 236 g/mol. The first-order valence-corrected chi connectivity index (χ1v) is 6.97. The Kier molecular flexibility index (Phi) is 3.62. The van der Waals surface area contributed by atoms with Crippen molar-refractivity contribution in [3.63, 3.8) is 0 Å². The largest absolute Gasteiger partial charge is 0.271 e. The van der Waals surface area contributed by atoms with Crippen LogP contribution in [0.2, 0.25) is 0 Å². The number of hydrazine groups is 1. The molecule has 3 N–H and O–H groups in total. The minimum absolute atomic E-state index is 0.0815. The Bertz CT molecular complexity index is 585. The van der Waals surface area contributed by atoms with Gasteiger partial charge in [-0.2, -0.15) is 5.10 Å². The zero-order chi connectivity index (χ0) is 13.1. The van der Waals surface area contributed by atoms with Gasteiger partial charge in [0.25, 0.3) is 0 Å². The van der Waals surface area contributed by atoms with Crippen LogP contribution in [0.1, 0.15) is 43.7 Å². The second kappa shape index (κ2) is 5.55. The average Bonchev–Trinajstić information content (AvgIpc) is 2.69. The first kappa shape index (κ1) is 12.4. The van der Waals surface area contributed by atoms with Crippen molar-refractivity contribution < 1.29 is 0 Å². The van der Waals surface area contributed by atoms with Crippen molar-refractivity contribution in [1.29, 1.82) is 0 Å². The van der Waals surface area contributed by atoms with Gasteiger partial charge in [0.1, 0.15) is 0 Å². The molecule has 0 saturated carbocycles. The standard InChI is InChI=1S/C15H20N4/c16-18-15(12-7-3-1-2-4-8-12)13-11-17-19-10-6-5-9-14(13)19/h5-7,9-11,15,18H,1-4,8,16H2. The first-order valence-electron chi connectivity index (χ1n) is 6.97. The molecule has 0 aromatic carbocycles. The van der Waals surface area contributed by atoms with Crippen LogP contribution < -0.4 is 11.3 Å². The van der Waals surface area contributed by atoms with E-state index in [2.05, 4.69) is 22.7 Å². The summed E-state index contributed by atoms with van der Waals surface area (Å²) >= 11 is 0. The van der Waals surface area contributed by atoms with Gasteiger partial charge in [-0.3, -0.25) is 5.84 Å². The number of hydrogen-bond donors (Lipinski definition) is 2. The Hall–Kier alpha value is -1.65. The van der Waals surface area contributed by atoms with Crippen LogP contribution in [-0.4, -0.2) is 9.61 Å². The molecule has 0 aliphatic heterocycles. The Morgan fingerprint density at radius 1 is 1.26 bits per heavy atom. The second-order valence-corrected chi connectivity index (χ2v) is 5.11. The Morgan fingerprint density at radius 3 is 3.11 bits per heavy atom. The molecule has 19 heavy (non-hydrogen) atoms. The van der Waals surface area contributed by atoms with E-state index in [9.17, 15) is 0 Å². The maximum Gasteiger partial charge on any atom is 0.0713 e. The molecule has 0 bridgehead atoms. The van der Waals surface area contributed by atoms with Gasteiger partial charge >= 0.3 is 0 Å². The van der Waals surface area contributed by atoms with Gasteiger partial charge in [0, 0.05) is 11.8 Å². The van der Waals surface area contributed by atoms with Crippen molar-refractivity contribution in [3.8, 4) is 0 Å². The van der Waals surface area contributed by atoms with E-state index in [4.69, 9.17) is 5.84 Å². The predicted molar refractivity (Wildman–Crippen MR) is 76.4 cm³/mol. The van der Waals surface area contributed by atoms with Gasteiger partial charge < -0.3 is 0 Å². The summed E-state index contributed by atoms with van der Waals surface area (Å²) in [6.45, 7) is 0. The molecule has 2 aromatic heterocycles. The van der Waals surface area contributed by atoms with Crippen LogP contribution in [0, 0.1) is 0 Å². The molecule has 1 unspecified atom stereocenters. The summed E-state index contributed by atoms with van der Waals surface area (Å²) in [5.74, 6) is 5.81. The summed E-state index contributed by atoms with van der Waals surface area (Å²) in [5, 5.41) is 4.40. The van der Waals surface area contributed by atoms with Crippen LogP contribution in [0.25, 0.3) is 5.52 Å². The summed E-state index contributed by atoms with van der Waals surface area (Å²) in [6, 6.07) is 6.19. The van der Waals surface area contributed by atoms with Gasteiger partial charge in [0.2, 0.25) is 0 Å². The molecule has 3 rings (SSSR count). The third-order valence-corrected chi connectivity index (χ3v) is 3.88. The molecule has 1 atom stereocenters. The summed E-state index contributed by atoms with van der Waals surface area (Å²) < 4.78 is 1.90. The molecule has 100 valence electrons. The van der Waals surface area contributed by atoms with Crippen molar-refractivity contribution in [1.82, 2.24) is 15.0 Å². The molecule has 0 fully saturated rings. The molecule has 4 heteroatoms. The molecule has 2 heterocycles. The topological polar surface area (TPSA) is 55.3 Å². The molecule has 1 aliphatic carbocycles. The van der Waals surface area contributed by atoms with Gasteiger partial charge in [-0.15, -0.1) is 0 Å². The van der Waals surface area contributed by atoms with Crippen LogP contribution >= 0.6 is 0 Å². The van der Waals surface area contributed by atoms with Crippen molar-refractivity contribution in [2.75, 3.05) is 0 Å². The highest BCUT2D eigenvalue weighted by Crippen LogP contribution is 2.30. The number of aromatic nitrogens is 2.